The molecule has 0 saturated carbocycles. The quantitative estimate of drug-likeness (QED) is 0.600. The number of aryl methyl sites for hydroxylation is 1. The van der Waals surface area contributed by atoms with Gasteiger partial charge in [0.25, 0.3) is 0 Å². The van der Waals surface area contributed by atoms with Crippen LogP contribution in [-0.2, 0) is 0 Å². The first-order valence-electron chi connectivity index (χ1n) is 5.63. The average molecular weight is 273 g/mol. The molecule has 0 saturated heterocycles. The van der Waals surface area contributed by atoms with Crippen LogP contribution in [0, 0.1) is 13.8 Å². The fourth-order valence-electron chi connectivity index (χ4n) is 1.89. The zero-order valence-electron chi connectivity index (χ0n) is 9.90. The molecule has 1 radical (unpaired) electrons. The Kier molecular flexibility index (Phi) is 2.84. The molecule has 0 aliphatic rings. The predicted molar refractivity (Wildman–Crippen MR) is 79.3 cm³/mol. The van der Waals surface area contributed by atoms with Crippen molar-refractivity contribution in [1.29, 1.82) is 0 Å². The van der Waals surface area contributed by atoms with Crippen LogP contribution in [-0.4, -0.2) is 4.98 Å². The van der Waals surface area contributed by atoms with Crippen molar-refractivity contribution in [2.24, 2.45) is 0 Å². The normalized spacial score (nSPS) is 11.1. The number of halogens is 1. The van der Waals surface area contributed by atoms with Gasteiger partial charge >= 0.3 is 0 Å². The molecule has 1 aromatic heterocycles. The van der Waals surface area contributed by atoms with Crippen molar-refractivity contribution in [3.05, 3.63) is 59.5 Å². The van der Waals surface area contributed by atoms with E-state index >= 15 is 0 Å². The number of hydrogen-bond donors (Lipinski definition) is 0. The Balaban J connectivity index is 2.23. The number of aromatic nitrogens is 1. The van der Waals surface area contributed by atoms with E-state index in [1.807, 2.05) is 24.3 Å². The fraction of sp³-hybridized carbons (Fsp3) is 0.0667. The zero-order chi connectivity index (χ0) is 12.7. The molecule has 0 N–H and O–H groups in total. The number of benzene rings is 2. The third-order valence-corrected chi connectivity index (χ3v) is 4.28. The first kappa shape index (κ1) is 11.7. The van der Waals surface area contributed by atoms with Crippen LogP contribution in [0.15, 0.2) is 36.4 Å². The lowest BCUT2D eigenvalue weighted by atomic mass is 10.1. The van der Waals surface area contributed by atoms with E-state index < -0.39 is 0 Å². The van der Waals surface area contributed by atoms with Gasteiger partial charge in [-0.05, 0) is 43.2 Å². The summed E-state index contributed by atoms with van der Waals surface area (Å²) in [4.78, 5) is 4.68. The van der Waals surface area contributed by atoms with Crippen LogP contribution in [0.25, 0.3) is 20.8 Å². The van der Waals surface area contributed by atoms with E-state index in [0.29, 0.717) is 0 Å². The molecular formula is C15H11ClNS. The first-order valence-corrected chi connectivity index (χ1v) is 6.82. The van der Waals surface area contributed by atoms with Crippen LogP contribution in [0.5, 0.6) is 0 Å². The lowest BCUT2D eigenvalue weighted by Crippen LogP contribution is -1.82. The maximum atomic E-state index is 6.01. The summed E-state index contributed by atoms with van der Waals surface area (Å²) in [6, 6.07) is 12.0. The van der Waals surface area contributed by atoms with E-state index in [1.54, 1.807) is 11.3 Å². The zero-order valence-corrected chi connectivity index (χ0v) is 11.5. The van der Waals surface area contributed by atoms with Crippen molar-refractivity contribution in [3.8, 4) is 10.6 Å². The molecule has 0 unspecified atom stereocenters. The summed E-state index contributed by atoms with van der Waals surface area (Å²) in [7, 11) is 0. The summed E-state index contributed by atoms with van der Waals surface area (Å²) in [5.41, 5.74) is 4.23. The van der Waals surface area contributed by atoms with Crippen LogP contribution in [0.4, 0.5) is 0 Å². The highest BCUT2D eigenvalue weighted by atomic mass is 35.5. The Bertz CT molecular complexity index is 730. The summed E-state index contributed by atoms with van der Waals surface area (Å²) in [6.45, 7) is 6.15. The molecule has 0 atom stereocenters. The predicted octanol–water partition coefficient (Wildman–Crippen LogP) is 5.11. The van der Waals surface area contributed by atoms with Crippen molar-refractivity contribution in [2.45, 2.75) is 6.92 Å². The second kappa shape index (κ2) is 4.38. The number of hydrogen-bond acceptors (Lipinski definition) is 2. The molecule has 0 aliphatic heterocycles. The Morgan fingerprint density at radius 1 is 1.22 bits per heavy atom. The molecule has 89 valence electrons. The number of thiazole rings is 1. The van der Waals surface area contributed by atoms with Gasteiger partial charge in [-0.2, -0.15) is 0 Å². The summed E-state index contributed by atoms with van der Waals surface area (Å²) in [5, 5.41) is 1.72. The number of rotatable bonds is 1. The lowest BCUT2D eigenvalue weighted by Gasteiger charge is -1.98. The topological polar surface area (TPSA) is 12.9 Å². The van der Waals surface area contributed by atoms with Gasteiger partial charge in [0.05, 0.1) is 10.2 Å². The standard InChI is InChI=1S/C15H11ClNS/c1-9-6-7-13-14(10(9)2)17-15(18-13)11-4-3-5-12(16)8-11/h3-8H,2H2,1H3. The fourth-order valence-corrected chi connectivity index (χ4v) is 3.08. The molecule has 0 bridgehead atoms. The third-order valence-electron chi connectivity index (χ3n) is 2.97. The number of fused-ring (bicyclic) bond motifs is 1. The minimum atomic E-state index is 0.734. The first-order chi connectivity index (χ1) is 8.65. The maximum Gasteiger partial charge on any atom is 0.124 e. The van der Waals surface area contributed by atoms with Crippen molar-refractivity contribution >= 4 is 33.2 Å². The minimum absolute atomic E-state index is 0.734. The maximum absolute atomic E-state index is 6.01. The molecule has 1 heterocycles. The van der Waals surface area contributed by atoms with Crippen LogP contribution < -0.4 is 0 Å². The highest BCUT2D eigenvalue weighted by Crippen LogP contribution is 2.33. The smallest absolute Gasteiger partial charge is 0.124 e. The molecule has 0 aliphatic carbocycles. The van der Waals surface area contributed by atoms with Gasteiger partial charge in [0.15, 0.2) is 0 Å². The van der Waals surface area contributed by atoms with E-state index in [0.717, 1.165) is 26.7 Å². The summed E-state index contributed by atoms with van der Waals surface area (Å²) < 4.78 is 1.17. The average Bonchev–Trinajstić information content (AvgIpc) is 2.79. The van der Waals surface area contributed by atoms with Gasteiger partial charge in [-0.1, -0.05) is 29.8 Å². The molecule has 3 heteroatoms. The molecule has 0 spiro atoms. The van der Waals surface area contributed by atoms with E-state index in [2.05, 4.69) is 31.0 Å². The SMILES string of the molecule is [CH2]c1c(C)ccc2sc(-c3cccc(Cl)c3)nc12. The Hall–Kier alpha value is -1.38. The summed E-state index contributed by atoms with van der Waals surface area (Å²) >= 11 is 7.69. The van der Waals surface area contributed by atoms with Gasteiger partial charge in [0.2, 0.25) is 0 Å². The monoisotopic (exact) mass is 272 g/mol. The minimum Gasteiger partial charge on any atom is -0.236 e. The highest BCUT2D eigenvalue weighted by Gasteiger charge is 2.09. The van der Waals surface area contributed by atoms with Crippen LogP contribution in [0.1, 0.15) is 11.1 Å². The van der Waals surface area contributed by atoms with Gasteiger partial charge in [-0.3, -0.25) is 0 Å². The summed E-state index contributed by atoms with van der Waals surface area (Å²) in [5.74, 6) is 0. The van der Waals surface area contributed by atoms with Crippen molar-refractivity contribution in [3.63, 3.8) is 0 Å². The highest BCUT2D eigenvalue weighted by molar-refractivity contribution is 7.21. The van der Waals surface area contributed by atoms with E-state index in [-0.39, 0.29) is 0 Å². The van der Waals surface area contributed by atoms with Crippen LogP contribution in [0.3, 0.4) is 0 Å². The molecule has 0 amide bonds. The summed E-state index contributed by atoms with van der Waals surface area (Å²) in [6.07, 6.45) is 0. The molecule has 18 heavy (non-hydrogen) atoms. The van der Waals surface area contributed by atoms with Gasteiger partial charge in [-0.15, -0.1) is 11.3 Å². The molecule has 0 fully saturated rings. The van der Waals surface area contributed by atoms with Gasteiger partial charge < -0.3 is 0 Å². The molecule has 3 rings (SSSR count). The van der Waals surface area contributed by atoms with Crippen molar-refractivity contribution in [2.75, 3.05) is 0 Å². The number of nitrogens with zero attached hydrogens (tertiary/aromatic N) is 1. The van der Waals surface area contributed by atoms with E-state index in [1.165, 1.54) is 10.3 Å². The van der Waals surface area contributed by atoms with Gasteiger partial charge in [0, 0.05) is 10.6 Å². The largest absolute Gasteiger partial charge is 0.236 e. The Morgan fingerprint density at radius 3 is 2.83 bits per heavy atom. The second-order valence-electron chi connectivity index (χ2n) is 4.24. The second-order valence-corrected chi connectivity index (χ2v) is 5.70. The van der Waals surface area contributed by atoms with Crippen LogP contribution >= 0.6 is 22.9 Å². The Morgan fingerprint density at radius 2 is 2.06 bits per heavy atom. The molecule has 3 aromatic rings. The molecule has 1 nitrogen and oxygen atoms in total. The van der Waals surface area contributed by atoms with Crippen molar-refractivity contribution in [1.82, 2.24) is 4.98 Å². The van der Waals surface area contributed by atoms with Gasteiger partial charge in [-0.25, -0.2) is 4.98 Å². The molecular weight excluding hydrogens is 262 g/mol. The van der Waals surface area contributed by atoms with Gasteiger partial charge in [0.1, 0.15) is 5.01 Å². The lowest BCUT2D eigenvalue weighted by molar-refractivity contribution is 1.40. The molecule has 2 aromatic carbocycles. The van der Waals surface area contributed by atoms with Crippen LogP contribution in [0.2, 0.25) is 5.02 Å². The van der Waals surface area contributed by atoms with E-state index in [4.69, 9.17) is 11.6 Å². The van der Waals surface area contributed by atoms with E-state index in [9.17, 15) is 0 Å². The Labute approximate surface area is 115 Å². The van der Waals surface area contributed by atoms with Crippen molar-refractivity contribution < 1.29 is 0 Å². The third kappa shape index (κ3) is 1.92.